The molecule has 2 saturated heterocycles. The van der Waals surface area contributed by atoms with E-state index in [4.69, 9.17) is 5.11 Å². The highest BCUT2D eigenvalue weighted by Gasteiger charge is 2.29. The maximum atomic E-state index is 11.0. The molecule has 0 aromatic carbocycles. The SMILES string of the molecule is O=C(O)c1ccnc(N2CCN3CCCCC3C2)c1. The molecule has 3 heterocycles. The number of nitrogens with zero attached hydrogens (tertiary/aromatic N) is 3. The molecule has 19 heavy (non-hydrogen) atoms. The molecule has 1 aromatic rings. The molecule has 0 bridgehead atoms. The Bertz CT molecular complexity index is 478. The molecule has 1 unspecified atom stereocenters. The molecule has 0 radical (unpaired) electrons. The highest BCUT2D eigenvalue weighted by molar-refractivity contribution is 5.88. The van der Waals surface area contributed by atoms with Crippen molar-refractivity contribution >= 4 is 11.8 Å². The zero-order chi connectivity index (χ0) is 13.2. The van der Waals surface area contributed by atoms with Gasteiger partial charge < -0.3 is 10.0 Å². The van der Waals surface area contributed by atoms with Crippen LogP contribution in [0.5, 0.6) is 0 Å². The Hall–Kier alpha value is -1.62. The fourth-order valence-electron chi connectivity index (χ4n) is 3.09. The first-order chi connectivity index (χ1) is 9.24. The van der Waals surface area contributed by atoms with Gasteiger partial charge in [-0.25, -0.2) is 9.78 Å². The smallest absolute Gasteiger partial charge is 0.335 e. The van der Waals surface area contributed by atoms with Crippen molar-refractivity contribution in [1.82, 2.24) is 9.88 Å². The Morgan fingerprint density at radius 2 is 2.21 bits per heavy atom. The lowest BCUT2D eigenvalue weighted by atomic mass is 9.99. The average Bonchev–Trinajstić information content (AvgIpc) is 2.47. The second kappa shape index (κ2) is 5.17. The van der Waals surface area contributed by atoms with E-state index in [0.29, 0.717) is 11.6 Å². The van der Waals surface area contributed by atoms with Gasteiger partial charge in [-0.05, 0) is 31.5 Å². The number of piperazine rings is 1. The normalized spacial score (nSPS) is 24.0. The summed E-state index contributed by atoms with van der Waals surface area (Å²) in [6.45, 7) is 4.17. The van der Waals surface area contributed by atoms with E-state index in [1.807, 2.05) is 0 Å². The summed E-state index contributed by atoms with van der Waals surface area (Å²) in [5, 5.41) is 9.04. The van der Waals surface area contributed by atoms with Crippen molar-refractivity contribution in [3.8, 4) is 0 Å². The van der Waals surface area contributed by atoms with Crippen LogP contribution in [0.15, 0.2) is 18.3 Å². The van der Waals surface area contributed by atoms with E-state index in [1.165, 1.54) is 25.8 Å². The number of rotatable bonds is 2. The zero-order valence-corrected chi connectivity index (χ0v) is 11.0. The van der Waals surface area contributed by atoms with Crippen LogP contribution in [0.4, 0.5) is 5.82 Å². The Kier molecular flexibility index (Phi) is 3.38. The average molecular weight is 261 g/mol. The number of fused-ring (bicyclic) bond motifs is 1. The molecule has 0 aliphatic carbocycles. The van der Waals surface area contributed by atoms with Gasteiger partial charge in [-0.3, -0.25) is 4.90 Å². The van der Waals surface area contributed by atoms with Crippen LogP contribution in [-0.4, -0.2) is 53.2 Å². The zero-order valence-electron chi connectivity index (χ0n) is 11.0. The lowest BCUT2D eigenvalue weighted by molar-refractivity contribution is 0.0696. The molecule has 2 aliphatic rings. The van der Waals surface area contributed by atoms with Crippen molar-refractivity contribution in [2.75, 3.05) is 31.1 Å². The third-order valence-corrected chi connectivity index (χ3v) is 4.15. The molecule has 1 atom stereocenters. The second-order valence-electron chi connectivity index (χ2n) is 5.34. The van der Waals surface area contributed by atoms with Gasteiger partial charge in [0.1, 0.15) is 5.82 Å². The van der Waals surface area contributed by atoms with E-state index in [0.717, 1.165) is 25.5 Å². The van der Waals surface area contributed by atoms with Crippen LogP contribution in [0.2, 0.25) is 0 Å². The lowest BCUT2D eigenvalue weighted by Crippen LogP contribution is -2.55. The lowest BCUT2D eigenvalue weighted by Gasteiger charge is -2.44. The van der Waals surface area contributed by atoms with Crippen LogP contribution in [0.3, 0.4) is 0 Å². The molecular weight excluding hydrogens is 242 g/mol. The number of anilines is 1. The topological polar surface area (TPSA) is 56.7 Å². The van der Waals surface area contributed by atoms with Gasteiger partial charge in [-0.2, -0.15) is 0 Å². The molecule has 0 saturated carbocycles. The fraction of sp³-hybridized carbons (Fsp3) is 0.571. The summed E-state index contributed by atoms with van der Waals surface area (Å²) in [7, 11) is 0. The minimum Gasteiger partial charge on any atom is -0.478 e. The number of carboxylic acids is 1. The van der Waals surface area contributed by atoms with E-state index in [-0.39, 0.29) is 0 Å². The second-order valence-corrected chi connectivity index (χ2v) is 5.34. The van der Waals surface area contributed by atoms with Gasteiger partial charge >= 0.3 is 5.97 Å². The Morgan fingerprint density at radius 3 is 3.05 bits per heavy atom. The number of aromatic carboxylic acids is 1. The molecule has 5 nitrogen and oxygen atoms in total. The van der Waals surface area contributed by atoms with Crippen molar-refractivity contribution < 1.29 is 9.90 Å². The molecule has 2 aliphatic heterocycles. The monoisotopic (exact) mass is 261 g/mol. The molecule has 0 spiro atoms. The summed E-state index contributed by atoms with van der Waals surface area (Å²) in [6.07, 6.45) is 5.45. The minimum atomic E-state index is -0.889. The number of carboxylic acid groups (broad SMARTS) is 1. The summed E-state index contributed by atoms with van der Waals surface area (Å²) in [4.78, 5) is 20.1. The number of hydrogen-bond acceptors (Lipinski definition) is 4. The van der Waals surface area contributed by atoms with Gasteiger partial charge in [-0.15, -0.1) is 0 Å². The highest BCUT2D eigenvalue weighted by atomic mass is 16.4. The Balaban J connectivity index is 1.75. The summed E-state index contributed by atoms with van der Waals surface area (Å²) in [5.41, 5.74) is 0.316. The van der Waals surface area contributed by atoms with Crippen molar-refractivity contribution in [2.24, 2.45) is 0 Å². The van der Waals surface area contributed by atoms with Crippen LogP contribution >= 0.6 is 0 Å². The number of pyridine rings is 1. The van der Waals surface area contributed by atoms with Crippen LogP contribution in [0, 0.1) is 0 Å². The predicted molar refractivity (Wildman–Crippen MR) is 72.6 cm³/mol. The molecule has 1 N–H and O–H groups in total. The molecule has 102 valence electrons. The van der Waals surface area contributed by atoms with Gasteiger partial charge in [-0.1, -0.05) is 6.42 Å². The van der Waals surface area contributed by atoms with Gasteiger partial charge in [0, 0.05) is 31.9 Å². The van der Waals surface area contributed by atoms with E-state index in [1.54, 1.807) is 18.3 Å². The summed E-state index contributed by atoms with van der Waals surface area (Å²) >= 11 is 0. The maximum Gasteiger partial charge on any atom is 0.335 e. The van der Waals surface area contributed by atoms with Crippen molar-refractivity contribution in [1.29, 1.82) is 0 Å². The third kappa shape index (κ3) is 2.56. The van der Waals surface area contributed by atoms with Crippen molar-refractivity contribution in [2.45, 2.75) is 25.3 Å². The standard InChI is InChI=1S/C14H19N3O2/c18-14(19)11-4-5-15-13(9-11)17-8-7-16-6-2-1-3-12(16)10-17/h4-5,9,12H,1-3,6-8,10H2,(H,18,19). The quantitative estimate of drug-likeness (QED) is 0.873. The molecular formula is C14H19N3O2. The number of carbonyl (C=O) groups is 1. The van der Waals surface area contributed by atoms with E-state index in [2.05, 4.69) is 14.8 Å². The van der Waals surface area contributed by atoms with E-state index < -0.39 is 5.97 Å². The predicted octanol–water partition coefficient (Wildman–Crippen LogP) is 1.45. The van der Waals surface area contributed by atoms with Crippen LogP contribution in [0.25, 0.3) is 0 Å². The molecule has 5 heteroatoms. The van der Waals surface area contributed by atoms with Gasteiger partial charge in [0.25, 0.3) is 0 Å². The number of piperidine rings is 1. The highest BCUT2D eigenvalue weighted by Crippen LogP contribution is 2.24. The first kappa shape index (κ1) is 12.4. The number of hydrogen-bond donors (Lipinski definition) is 1. The van der Waals surface area contributed by atoms with Gasteiger partial charge in [0.15, 0.2) is 0 Å². The van der Waals surface area contributed by atoms with Crippen LogP contribution in [0.1, 0.15) is 29.6 Å². The minimum absolute atomic E-state index is 0.316. The van der Waals surface area contributed by atoms with Crippen LogP contribution < -0.4 is 4.90 Å². The summed E-state index contributed by atoms with van der Waals surface area (Å²) < 4.78 is 0. The fourth-order valence-corrected chi connectivity index (χ4v) is 3.09. The van der Waals surface area contributed by atoms with Crippen LogP contribution in [-0.2, 0) is 0 Å². The first-order valence-electron chi connectivity index (χ1n) is 6.92. The molecule has 0 amide bonds. The molecule has 1 aromatic heterocycles. The summed E-state index contributed by atoms with van der Waals surface area (Å²) in [5.74, 6) is -0.0925. The first-order valence-corrected chi connectivity index (χ1v) is 6.92. The summed E-state index contributed by atoms with van der Waals surface area (Å²) in [6, 6.07) is 3.83. The Labute approximate surface area is 112 Å². The maximum absolute atomic E-state index is 11.0. The van der Waals surface area contributed by atoms with E-state index in [9.17, 15) is 4.79 Å². The Morgan fingerprint density at radius 1 is 1.32 bits per heavy atom. The third-order valence-electron chi connectivity index (χ3n) is 4.15. The van der Waals surface area contributed by atoms with E-state index >= 15 is 0 Å². The molecule has 2 fully saturated rings. The molecule has 3 rings (SSSR count). The number of aromatic nitrogens is 1. The van der Waals surface area contributed by atoms with Gasteiger partial charge in [0.05, 0.1) is 5.56 Å². The van der Waals surface area contributed by atoms with Crippen molar-refractivity contribution in [3.63, 3.8) is 0 Å². The van der Waals surface area contributed by atoms with Crippen molar-refractivity contribution in [3.05, 3.63) is 23.9 Å². The van der Waals surface area contributed by atoms with Gasteiger partial charge in [0.2, 0.25) is 0 Å². The largest absolute Gasteiger partial charge is 0.478 e.